The Bertz CT molecular complexity index is 666. The van der Waals surface area contributed by atoms with Crippen LogP contribution in [0.15, 0.2) is 29.2 Å². The van der Waals surface area contributed by atoms with Crippen molar-refractivity contribution in [3.8, 4) is 0 Å². The minimum Gasteiger partial charge on any atom is -0.356 e. The van der Waals surface area contributed by atoms with Gasteiger partial charge >= 0.3 is 0 Å². The van der Waals surface area contributed by atoms with Crippen molar-refractivity contribution >= 4 is 15.9 Å². The predicted octanol–water partition coefficient (Wildman–Crippen LogP) is 1.92. The van der Waals surface area contributed by atoms with Crippen LogP contribution in [-0.4, -0.2) is 38.3 Å². The van der Waals surface area contributed by atoms with E-state index in [1.54, 1.807) is 24.3 Å². The maximum atomic E-state index is 12.7. The van der Waals surface area contributed by atoms with Crippen molar-refractivity contribution in [3.05, 3.63) is 29.8 Å². The lowest BCUT2D eigenvalue weighted by molar-refractivity contribution is -0.126. The summed E-state index contributed by atoms with van der Waals surface area (Å²) in [5, 5.41) is 2.97. The van der Waals surface area contributed by atoms with E-state index in [1.165, 1.54) is 17.1 Å². The summed E-state index contributed by atoms with van der Waals surface area (Å²) in [6.07, 6.45) is 3.88. The lowest BCUT2D eigenvalue weighted by Gasteiger charge is -2.31. The Labute approximate surface area is 138 Å². The first-order valence-electron chi connectivity index (χ1n) is 8.31. The zero-order chi connectivity index (χ0) is 16.4. The molecule has 1 aromatic carbocycles. The molecule has 0 bridgehead atoms. The van der Waals surface area contributed by atoms with Crippen molar-refractivity contribution in [1.29, 1.82) is 0 Å². The van der Waals surface area contributed by atoms with E-state index in [2.05, 4.69) is 5.32 Å². The first-order valence-corrected chi connectivity index (χ1v) is 9.75. The summed E-state index contributed by atoms with van der Waals surface area (Å²) in [6, 6.07) is 6.89. The number of hydrogen-bond acceptors (Lipinski definition) is 3. The average Bonchev–Trinajstić information content (AvgIpc) is 3.37. The van der Waals surface area contributed by atoms with Crippen molar-refractivity contribution in [2.75, 3.05) is 19.6 Å². The van der Waals surface area contributed by atoms with Gasteiger partial charge in [-0.15, -0.1) is 0 Å². The van der Waals surface area contributed by atoms with Gasteiger partial charge in [0, 0.05) is 19.6 Å². The normalized spacial score (nSPS) is 22.7. The molecule has 5 nitrogen and oxygen atoms in total. The molecular weight excluding hydrogens is 312 g/mol. The van der Waals surface area contributed by atoms with Crippen LogP contribution in [-0.2, 0) is 14.8 Å². The number of benzene rings is 1. The van der Waals surface area contributed by atoms with Crippen molar-refractivity contribution in [2.45, 2.75) is 37.5 Å². The third-order valence-electron chi connectivity index (χ3n) is 4.68. The molecule has 0 aromatic heterocycles. The van der Waals surface area contributed by atoms with Crippen molar-refractivity contribution in [2.24, 2.45) is 11.8 Å². The third-order valence-corrected chi connectivity index (χ3v) is 6.55. The molecule has 1 amide bonds. The lowest BCUT2D eigenvalue weighted by Crippen LogP contribution is -2.45. The van der Waals surface area contributed by atoms with Crippen LogP contribution in [0.2, 0.25) is 0 Å². The minimum absolute atomic E-state index is 0.000654. The number of sulfonamides is 1. The number of carbonyl (C=O) groups excluding carboxylic acids is 1. The number of nitrogens with zero attached hydrogens (tertiary/aromatic N) is 1. The molecule has 0 radical (unpaired) electrons. The molecule has 3 rings (SSSR count). The molecule has 1 atom stereocenters. The van der Waals surface area contributed by atoms with E-state index >= 15 is 0 Å². The largest absolute Gasteiger partial charge is 0.356 e. The second kappa shape index (κ2) is 6.61. The van der Waals surface area contributed by atoms with Crippen LogP contribution in [0.3, 0.4) is 0 Å². The molecule has 1 aliphatic heterocycles. The quantitative estimate of drug-likeness (QED) is 0.893. The van der Waals surface area contributed by atoms with Crippen molar-refractivity contribution in [1.82, 2.24) is 9.62 Å². The number of aryl methyl sites for hydroxylation is 1. The molecule has 0 spiro atoms. The van der Waals surface area contributed by atoms with Gasteiger partial charge in [-0.3, -0.25) is 4.79 Å². The molecule has 1 saturated heterocycles. The van der Waals surface area contributed by atoms with Crippen LogP contribution in [0.4, 0.5) is 0 Å². The fourth-order valence-electron chi connectivity index (χ4n) is 2.95. The highest BCUT2D eigenvalue weighted by Gasteiger charge is 2.33. The van der Waals surface area contributed by atoms with Gasteiger partial charge in [0.2, 0.25) is 15.9 Å². The Morgan fingerprint density at radius 3 is 2.57 bits per heavy atom. The summed E-state index contributed by atoms with van der Waals surface area (Å²) in [7, 11) is -3.51. The Morgan fingerprint density at radius 2 is 1.91 bits per heavy atom. The summed E-state index contributed by atoms with van der Waals surface area (Å²) in [4.78, 5) is 12.6. The predicted molar refractivity (Wildman–Crippen MR) is 88.4 cm³/mol. The molecule has 1 saturated carbocycles. The molecule has 23 heavy (non-hydrogen) atoms. The van der Waals surface area contributed by atoms with Crippen LogP contribution >= 0.6 is 0 Å². The van der Waals surface area contributed by atoms with Gasteiger partial charge in [-0.05, 0) is 50.7 Å². The van der Waals surface area contributed by atoms with Crippen LogP contribution in [0, 0.1) is 18.8 Å². The van der Waals surface area contributed by atoms with E-state index in [0.717, 1.165) is 24.9 Å². The molecule has 6 heteroatoms. The van der Waals surface area contributed by atoms with Crippen LogP contribution in [0.1, 0.15) is 31.2 Å². The summed E-state index contributed by atoms with van der Waals surface area (Å²) < 4.78 is 26.9. The van der Waals surface area contributed by atoms with Gasteiger partial charge < -0.3 is 5.32 Å². The number of carbonyl (C=O) groups is 1. The van der Waals surface area contributed by atoms with Gasteiger partial charge in [0.1, 0.15) is 0 Å². The van der Waals surface area contributed by atoms with Gasteiger partial charge in [-0.2, -0.15) is 4.31 Å². The number of piperidine rings is 1. The summed E-state index contributed by atoms with van der Waals surface area (Å²) in [6.45, 7) is 3.44. The van der Waals surface area contributed by atoms with Crippen molar-refractivity contribution in [3.63, 3.8) is 0 Å². The van der Waals surface area contributed by atoms with Gasteiger partial charge in [0.05, 0.1) is 10.8 Å². The minimum atomic E-state index is -3.51. The fraction of sp³-hybridized carbons (Fsp3) is 0.588. The highest BCUT2D eigenvalue weighted by Crippen LogP contribution is 2.28. The summed E-state index contributed by atoms with van der Waals surface area (Å²) in [5.74, 6) is 0.401. The SMILES string of the molecule is Cc1ccc(S(=O)(=O)N2CCC[C@@H](C(=O)NCC3CC3)C2)cc1. The van der Waals surface area contributed by atoms with E-state index in [1.807, 2.05) is 6.92 Å². The molecule has 1 heterocycles. The first-order chi connectivity index (χ1) is 11.0. The molecule has 1 N–H and O–H groups in total. The smallest absolute Gasteiger partial charge is 0.243 e. The number of hydrogen-bond donors (Lipinski definition) is 1. The molecule has 2 aliphatic rings. The van der Waals surface area contributed by atoms with Gasteiger partial charge in [-0.1, -0.05) is 17.7 Å². The summed E-state index contributed by atoms with van der Waals surface area (Å²) in [5.41, 5.74) is 1.03. The molecule has 0 unspecified atom stereocenters. The molecular formula is C17H24N2O3S. The number of amides is 1. The highest BCUT2D eigenvalue weighted by atomic mass is 32.2. The standard InChI is InChI=1S/C17H24N2O3S/c1-13-4-8-16(9-5-13)23(21,22)19-10-2-3-15(12-19)17(20)18-11-14-6-7-14/h4-5,8-9,14-15H,2-3,6-7,10-12H2,1H3,(H,18,20)/t15-/m1/s1. The maximum Gasteiger partial charge on any atom is 0.243 e. The van der Waals surface area contributed by atoms with Gasteiger partial charge in [-0.25, -0.2) is 8.42 Å². The van der Waals surface area contributed by atoms with E-state index in [-0.39, 0.29) is 18.4 Å². The van der Waals surface area contributed by atoms with Crippen LogP contribution in [0.25, 0.3) is 0 Å². The molecule has 126 valence electrons. The van der Waals surface area contributed by atoms with Crippen LogP contribution in [0.5, 0.6) is 0 Å². The second-order valence-corrected chi connectivity index (χ2v) is 8.64. The zero-order valence-corrected chi connectivity index (χ0v) is 14.3. The van der Waals surface area contributed by atoms with Gasteiger partial charge in [0.15, 0.2) is 0 Å². The summed E-state index contributed by atoms with van der Waals surface area (Å²) >= 11 is 0. The van der Waals surface area contributed by atoms with Crippen LogP contribution < -0.4 is 5.32 Å². The molecule has 2 fully saturated rings. The van der Waals surface area contributed by atoms with Gasteiger partial charge in [0.25, 0.3) is 0 Å². The van der Waals surface area contributed by atoms with E-state index in [9.17, 15) is 13.2 Å². The first kappa shape index (κ1) is 16.5. The molecule has 1 aromatic rings. The fourth-order valence-corrected chi connectivity index (χ4v) is 4.47. The second-order valence-electron chi connectivity index (χ2n) is 6.70. The third kappa shape index (κ3) is 3.93. The maximum absolute atomic E-state index is 12.7. The Hall–Kier alpha value is -1.40. The topological polar surface area (TPSA) is 66.5 Å². The van der Waals surface area contributed by atoms with E-state index in [0.29, 0.717) is 17.4 Å². The Balaban J connectivity index is 1.66. The van der Waals surface area contributed by atoms with Crippen molar-refractivity contribution < 1.29 is 13.2 Å². The highest BCUT2D eigenvalue weighted by molar-refractivity contribution is 7.89. The average molecular weight is 336 g/mol. The van der Waals surface area contributed by atoms with E-state index < -0.39 is 10.0 Å². The zero-order valence-electron chi connectivity index (χ0n) is 13.5. The number of rotatable bonds is 5. The Morgan fingerprint density at radius 1 is 1.22 bits per heavy atom. The molecule has 1 aliphatic carbocycles. The number of nitrogens with one attached hydrogen (secondary N) is 1. The Kier molecular flexibility index (Phi) is 4.73. The van der Waals surface area contributed by atoms with E-state index in [4.69, 9.17) is 0 Å². The monoisotopic (exact) mass is 336 g/mol. The lowest BCUT2D eigenvalue weighted by atomic mass is 9.99.